The lowest BCUT2D eigenvalue weighted by Gasteiger charge is -2.35. The molecule has 0 bridgehead atoms. The molecule has 1 aromatic rings. The zero-order valence-corrected chi connectivity index (χ0v) is 8.88. The van der Waals surface area contributed by atoms with Gasteiger partial charge in [-0.3, -0.25) is 9.69 Å². The third-order valence-corrected chi connectivity index (χ3v) is 3.29. The Balaban J connectivity index is 1.82. The van der Waals surface area contributed by atoms with Gasteiger partial charge in [0.2, 0.25) is 0 Å². The van der Waals surface area contributed by atoms with Crippen LogP contribution in [0.25, 0.3) is 0 Å². The molecule has 2 heterocycles. The molecule has 14 heavy (non-hydrogen) atoms. The van der Waals surface area contributed by atoms with Gasteiger partial charge in [0.1, 0.15) is 9.34 Å². The van der Waals surface area contributed by atoms with E-state index in [4.69, 9.17) is 16.7 Å². The topological polar surface area (TPSA) is 53.4 Å². The lowest BCUT2D eigenvalue weighted by Crippen LogP contribution is -2.49. The van der Waals surface area contributed by atoms with Crippen molar-refractivity contribution in [2.75, 3.05) is 13.1 Å². The van der Waals surface area contributed by atoms with Crippen molar-refractivity contribution in [2.24, 2.45) is 5.92 Å². The number of thiazole rings is 1. The number of carboxylic acid groups (broad SMARTS) is 1. The average molecular weight is 233 g/mol. The smallest absolute Gasteiger partial charge is 0.309 e. The van der Waals surface area contributed by atoms with Gasteiger partial charge in [-0.2, -0.15) is 0 Å². The highest BCUT2D eigenvalue weighted by atomic mass is 35.5. The summed E-state index contributed by atoms with van der Waals surface area (Å²) in [4.78, 5) is 16.7. The predicted molar refractivity (Wildman–Crippen MR) is 53.5 cm³/mol. The number of aromatic nitrogens is 1. The molecule has 0 radical (unpaired) electrons. The molecule has 1 saturated heterocycles. The second-order valence-electron chi connectivity index (χ2n) is 3.29. The van der Waals surface area contributed by atoms with Crippen LogP contribution in [0.5, 0.6) is 0 Å². The Hall–Kier alpha value is -0.650. The van der Waals surface area contributed by atoms with Crippen molar-refractivity contribution in [1.82, 2.24) is 9.88 Å². The van der Waals surface area contributed by atoms with Crippen LogP contribution in [-0.4, -0.2) is 34.0 Å². The van der Waals surface area contributed by atoms with Crippen molar-refractivity contribution < 1.29 is 9.90 Å². The van der Waals surface area contributed by atoms with Gasteiger partial charge in [-0.1, -0.05) is 11.6 Å². The third-order valence-electron chi connectivity index (χ3n) is 2.19. The molecule has 76 valence electrons. The van der Waals surface area contributed by atoms with Crippen LogP contribution in [-0.2, 0) is 11.3 Å². The fourth-order valence-electron chi connectivity index (χ4n) is 1.41. The third kappa shape index (κ3) is 2.05. The van der Waals surface area contributed by atoms with Gasteiger partial charge in [-0.15, -0.1) is 11.3 Å². The maximum absolute atomic E-state index is 10.5. The van der Waals surface area contributed by atoms with E-state index in [2.05, 4.69) is 4.98 Å². The monoisotopic (exact) mass is 232 g/mol. The van der Waals surface area contributed by atoms with Crippen LogP contribution in [0.4, 0.5) is 0 Å². The normalized spacial score (nSPS) is 18.1. The summed E-state index contributed by atoms with van der Waals surface area (Å²) in [5.41, 5.74) is 0. The first-order valence-electron chi connectivity index (χ1n) is 4.20. The summed E-state index contributed by atoms with van der Waals surface area (Å²) in [6.07, 6.45) is 1.62. The maximum atomic E-state index is 10.5. The minimum Gasteiger partial charge on any atom is -0.481 e. The number of hydrogen-bond acceptors (Lipinski definition) is 4. The zero-order chi connectivity index (χ0) is 10.1. The summed E-state index contributed by atoms with van der Waals surface area (Å²) in [5.74, 6) is -0.913. The average Bonchev–Trinajstić information content (AvgIpc) is 2.42. The van der Waals surface area contributed by atoms with Crippen molar-refractivity contribution >= 4 is 28.9 Å². The first-order valence-corrected chi connectivity index (χ1v) is 5.40. The maximum Gasteiger partial charge on any atom is 0.309 e. The molecule has 4 nitrogen and oxygen atoms in total. The van der Waals surface area contributed by atoms with Crippen molar-refractivity contribution in [3.8, 4) is 0 Å². The second kappa shape index (κ2) is 3.84. The molecule has 2 rings (SSSR count). The summed E-state index contributed by atoms with van der Waals surface area (Å²) in [6.45, 7) is 1.94. The van der Waals surface area contributed by atoms with Gasteiger partial charge in [0.05, 0.1) is 18.7 Å². The van der Waals surface area contributed by atoms with E-state index in [1.807, 2.05) is 4.90 Å². The molecule has 1 aliphatic heterocycles. The molecule has 1 aromatic heterocycles. The van der Waals surface area contributed by atoms with Crippen LogP contribution in [0, 0.1) is 5.92 Å². The molecule has 6 heteroatoms. The molecular formula is C8H9ClN2O2S. The van der Waals surface area contributed by atoms with E-state index in [1.54, 1.807) is 6.20 Å². The number of nitrogens with zero attached hydrogens (tertiary/aromatic N) is 2. The van der Waals surface area contributed by atoms with Gasteiger partial charge in [-0.25, -0.2) is 4.98 Å². The number of hydrogen-bond donors (Lipinski definition) is 1. The molecule has 0 amide bonds. The Labute approximate surface area is 90.1 Å². The number of aliphatic carboxylic acids is 1. The molecule has 1 aliphatic rings. The Bertz CT molecular complexity index is 349. The van der Waals surface area contributed by atoms with Gasteiger partial charge < -0.3 is 5.11 Å². The molecule has 1 fully saturated rings. The van der Waals surface area contributed by atoms with Gasteiger partial charge in [0.25, 0.3) is 0 Å². The molecule has 0 aliphatic carbocycles. The van der Waals surface area contributed by atoms with Gasteiger partial charge >= 0.3 is 5.97 Å². The number of carbonyl (C=O) groups is 1. The molecule has 0 unspecified atom stereocenters. The highest BCUT2D eigenvalue weighted by molar-refractivity contribution is 7.15. The minimum atomic E-state index is -0.710. The summed E-state index contributed by atoms with van der Waals surface area (Å²) >= 11 is 7.17. The summed E-state index contributed by atoms with van der Waals surface area (Å²) in [5, 5.41) is 9.60. The predicted octanol–water partition coefficient (Wildman–Crippen LogP) is 1.31. The number of likely N-dealkylation sites (tertiary alicyclic amines) is 1. The summed E-state index contributed by atoms with van der Waals surface area (Å²) in [6, 6.07) is 0. The van der Waals surface area contributed by atoms with E-state index in [1.165, 1.54) is 11.3 Å². The highest BCUT2D eigenvalue weighted by Crippen LogP contribution is 2.23. The SMILES string of the molecule is O=C(O)C1CN(Cc2ncc(Cl)s2)C1. The molecule has 1 N–H and O–H groups in total. The molecular weight excluding hydrogens is 224 g/mol. The minimum absolute atomic E-state index is 0.203. The van der Waals surface area contributed by atoms with Crippen molar-refractivity contribution in [2.45, 2.75) is 6.54 Å². The largest absolute Gasteiger partial charge is 0.481 e. The summed E-state index contributed by atoms with van der Waals surface area (Å²) in [7, 11) is 0. The van der Waals surface area contributed by atoms with Crippen molar-refractivity contribution in [3.05, 3.63) is 15.5 Å². The lowest BCUT2D eigenvalue weighted by molar-refractivity contribution is -0.147. The van der Waals surface area contributed by atoms with Crippen LogP contribution < -0.4 is 0 Å². The van der Waals surface area contributed by atoms with E-state index >= 15 is 0 Å². The number of carboxylic acids is 1. The standard InChI is InChI=1S/C8H9ClN2O2S/c9-6-1-10-7(14-6)4-11-2-5(3-11)8(12)13/h1,5H,2-4H2,(H,12,13). The van der Waals surface area contributed by atoms with Crippen LogP contribution in [0.15, 0.2) is 6.20 Å². The molecule has 0 atom stereocenters. The Morgan fingerprint density at radius 1 is 1.79 bits per heavy atom. The van der Waals surface area contributed by atoms with E-state index in [0.29, 0.717) is 24.0 Å². The van der Waals surface area contributed by atoms with Crippen molar-refractivity contribution in [3.63, 3.8) is 0 Å². The Morgan fingerprint density at radius 2 is 2.50 bits per heavy atom. The zero-order valence-electron chi connectivity index (χ0n) is 7.31. The van der Waals surface area contributed by atoms with E-state index < -0.39 is 5.97 Å². The van der Waals surface area contributed by atoms with E-state index in [0.717, 1.165) is 5.01 Å². The van der Waals surface area contributed by atoms with E-state index in [-0.39, 0.29) is 5.92 Å². The van der Waals surface area contributed by atoms with Gasteiger partial charge in [-0.05, 0) is 0 Å². The molecule has 0 aromatic carbocycles. The number of halogens is 1. The first-order chi connectivity index (χ1) is 6.65. The Kier molecular flexibility index (Phi) is 2.71. The van der Waals surface area contributed by atoms with Crippen LogP contribution in [0.2, 0.25) is 4.34 Å². The van der Waals surface area contributed by atoms with Crippen molar-refractivity contribution in [1.29, 1.82) is 0 Å². The quantitative estimate of drug-likeness (QED) is 0.854. The first kappa shape index (κ1) is 9.89. The lowest BCUT2D eigenvalue weighted by atomic mass is 10.0. The molecule has 0 saturated carbocycles. The second-order valence-corrected chi connectivity index (χ2v) is 5.03. The number of rotatable bonds is 3. The van der Waals surface area contributed by atoms with E-state index in [9.17, 15) is 4.79 Å². The fraction of sp³-hybridized carbons (Fsp3) is 0.500. The van der Waals surface area contributed by atoms with Gasteiger partial charge in [0, 0.05) is 13.1 Å². The van der Waals surface area contributed by atoms with Crippen LogP contribution in [0.3, 0.4) is 0 Å². The molecule has 0 spiro atoms. The van der Waals surface area contributed by atoms with Gasteiger partial charge in [0.15, 0.2) is 0 Å². The van der Waals surface area contributed by atoms with Crippen LogP contribution >= 0.6 is 22.9 Å². The summed E-state index contributed by atoms with van der Waals surface area (Å²) < 4.78 is 0.676. The van der Waals surface area contributed by atoms with Crippen LogP contribution in [0.1, 0.15) is 5.01 Å². The Morgan fingerprint density at radius 3 is 3.00 bits per heavy atom. The highest BCUT2D eigenvalue weighted by Gasteiger charge is 2.32. The fourth-order valence-corrected chi connectivity index (χ4v) is 2.41.